The molecule has 0 saturated heterocycles. The molecule has 3 aromatic rings. The van der Waals surface area contributed by atoms with E-state index < -0.39 is 17.6 Å². The quantitative estimate of drug-likeness (QED) is 0.241. The van der Waals surface area contributed by atoms with Crippen LogP contribution in [0.1, 0.15) is 43.0 Å². The number of aromatic nitrogens is 3. The molecule has 2 aromatic carbocycles. The van der Waals surface area contributed by atoms with E-state index >= 15 is 0 Å². The third-order valence-corrected chi connectivity index (χ3v) is 6.04. The van der Waals surface area contributed by atoms with Crippen LogP contribution >= 0.6 is 23.4 Å². The van der Waals surface area contributed by atoms with Gasteiger partial charge in [-0.3, -0.25) is 20.4 Å². The molecule has 174 valence electrons. The Labute approximate surface area is 201 Å². The third kappa shape index (κ3) is 7.03. The molecule has 0 fully saturated rings. The first-order chi connectivity index (χ1) is 16.0. The summed E-state index contributed by atoms with van der Waals surface area (Å²) in [6, 6.07) is 12.9. The number of hydrogen-bond acceptors (Lipinski definition) is 5. The minimum Gasteiger partial charge on any atom is -0.302 e. The molecular formula is C23H25ClFN5O2S. The number of unbranched alkanes of at least 4 members (excludes halogenated alkanes) is 3. The first-order valence-corrected chi connectivity index (χ1v) is 12.0. The van der Waals surface area contributed by atoms with Crippen molar-refractivity contribution < 1.29 is 14.0 Å². The Morgan fingerprint density at radius 3 is 2.52 bits per heavy atom. The molecular weight excluding hydrogens is 465 g/mol. The van der Waals surface area contributed by atoms with Gasteiger partial charge in [-0.2, -0.15) is 0 Å². The fraction of sp³-hybridized carbons (Fsp3) is 0.304. The highest BCUT2D eigenvalue weighted by Gasteiger charge is 2.16. The highest BCUT2D eigenvalue weighted by Crippen LogP contribution is 2.26. The van der Waals surface area contributed by atoms with Crippen molar-refractivity contribution in [2.45, 2.75) is 44.3 Å². The average Bonchev–Trinajstić information content (AvgIpc) is 3.22. The summed E-state index contributed by atoms with van der Waals surface area (Å²) in [4.78, 5) is 24.3. The van der Waals surface area contributed by atoms with Crippen molar-refractivity contribution in [3.8, 4) is 11.4 Å². The van der Waals surface area contributed by atoms with Gasteiger partial charge in [-0.15, -0.1) is 10.2 Å². The lowest BCUT2D eigenvalue weighted by Gasteiger charge is -2.11. The molecule has 0 unspecified atom stereocenters. The first kappa shape index (κ1) is 24.7. The largest absolute Gasteiger partial charge is 0.302 e. The van der Waals surface area contributed by atoms with E-state index in [-0.39, 0.29) is 11.3 Å². The number of hydrogen-bond donors (Lipinski definition) is 2. The van der Waals surface area contributed by atoms with Gasteiger partial charge >= 0.3 is 0 Å². The summed E-state index contributed by atoms with van der Waals surface area (Å²) in [5.41, 5.74) is 5.27. The minimum atomic E-state index is -0.726. The molecule has 0 aliphatic carbocycles. The molecule has 0 saturated carbocycles. The SMILES string of the molecule is CCCCCCn1c(SCC(=O)NNC(=O)c2ccccc2F)nnc1-c1ccc(Cl)cc1. The molecule has 0 bridgehead atoms. The Kier molecular flexibility index (Phi) is 9.26. The van der Waals surface area contributed by atoms with Crippen molar-refractivity contribution in [2.75, 3.05) is 5.75 Å². The van der Waals surface area contributed by atoms with Crippen LogP contribution < -0.4 is 10.9 Å². The van der Waals surface area contributed by atoms with E-state index in [9.17, 15) is 14.0 Å². The van der Waals surface area contributed by atoms with E-state index in [1.54, 1.807) is 18.2 Å². The van der Waals surface area contributed by atoms with Crippen molar-refractivity contribution in [1.82, 2.24) is 25.6 Å². The fourth-order valence-electron chi connectivity index (χ4n) is 3.11. The van der Waals surface area contributed by atoms with Crippen LogP contribution in [0.2, 0.25) is 5.02 Å². The molecule has 2 N–H and O–H groups in total. The van der Waals surface area contributed by atoms with E-state index in [1.807, 2.05) is 16.7 Å². The van der Waals surface area contributed by atoms with E-state index in [0.29, 0.717) is 16.0 Å². The maximum atomic E-state index is 13.7. The molecule has 0 spiro atoms. The number of benzene rings is 2. The standard InChI is InChI=1S/C23H25ClFN5O2S/c1-2-3-4-7-14-30-21(16-10-12-17(24)13-11-16)27-29-23(30)33-15-20(31)26-28-22(32)18-8-5-6-9-19(18)25/h5-6,8-13H,2-4,7,14-15H2,1H3,(H,26,31)(H,28,32). The van der Waals surface area contributed by atoms with E-state index in [2.05, 4.69) is 28.0 Å². The second kappa shape index (κ2) is 12.4. The third-order valence-electron chi connectivity index (χ3n) is 4.82. The smallest absolute Gasteiger partial charge is 0.272 e. The molecule has 3 rings (SSSR count). The summed E-state index contributed by atoms with van der Waals surface area (Å²) in [5, 5.41) is 9.83. The maximum Gasteiger partial charge on any atom is 0.272 e. The van der Waals surface area contributed by atoms with Crippen LogP contribution in [0.3, 0.4) is 0 Å². The lowest BCUT2D eigenvalue weighted by atomic mass is 10.2. The van der Waals surface area contributed by atoms with Crippen molar-refractivity contribution in [1.29, 1.82) is 0 Å². The lowest BCUT2D eigenvalue weighted by molar-refractivity contribution is -0.119. The molecule has 0 radical (unpaired) electrons. The minimum absolute atomic E-state index is 0.00522. The van der Waals surface area contributed by atoms with Gasteiger partial charge in [-0.05, 0) is 42.8 Å². The van der Waals surface area contributed by atoms with Crippen molar-refractivity contribution in [3.63, 3.8) is 0 Å². The molecule has 2 amide bonds. The molecule has 1 heterocycles. The van der Waals surface area contributed by atoms with Crippen LogP contribution in [0, 0.1) is 5.82 Å². The van der Waals surface area contributed by atoms with Crippen molar-refractivity contribution in [3.05, 3.63) is 64.9 Å². The summed E-state index contributed by atoms with van der Waals surface area (Å²) < 4.78 is 15.7. The number of nitrogens with zero attached hydrogens (tertiary/aromatic N) is 3. The van der Waals surface area contributed by atoms with Gasteiger partial charge in [-0.1, -0.05) is 61.7 Å². The monoisotopic (exact) mass is 489 g/mol. The second-order valence-corrected chi connectivity index (χ2v) is 8.68. The van der Waals surface area contributed by atoms with Gasteiger partial charge in [0.1, 0.15) is 5.82 Å². The fourth-order valence-corrected chi connectivity index (χ4v) is 4.00. The summed E-state index contributed by atoms with van der Waals surface area (Å²) in [7, 11) is 0. The molecule has 0 atom stereocenters. The lowest BCUT2D eigenvalue weighted by Crippen LogP contribution is -2.42. The number of carbonyl (C=O) groups is 2. The summed E-state index contributed by atoms with van der Waals surface area (Å²) >= 11 is 7.22. The van der Waals surface area contributed by atoms with Gasteiger partial charge in [0.15, 0.2) is 11.0 Å². The van der Waals surface area contributed by atoms with Gasteiger partial charge in [0, 0.05) is 17.1 Å². The maximum absolute atomic E-state index is 13.7. The Hall–Kier alpha value is -2.91. The molecule has 33 heavy (non-hydrogen) atoms. The summed E-state index contributed by atoms with van der Waals surface area (Å²) in [6.45, 7) is 2.88. The van der Waals surface area contributed by atoms with Gasteiger partial charge < -0.3 is 4.57 Å². The molecule has 10 heteroatoms. The predicted octanol–water partition coefficient (Wildman–Crippen LogP) is 4.87. The second-order valence-electron chi connectivity index (χ2n) is 7.30. The van der Waals surface area contributed by atoms with Crippen molar-refractivity contribution in [2.24, 2.45) is 0 Å². The van der Waals surface area contributed by atoms with Gasteiger partial charge in [-0.25, -0.2) is 4.39 Å². The van der Waals surface area contributed by atoms with Gasteiger partial charge in [0.05, 0.1) is 11.3 Å². The number of rotatable bonds is 10. The highest BCUT2D eigenvalue weighted by atomic mass is 35.5. The van der Waals surface area contributed by atoms with Gasteiger partial charge in [0.2, 0.25) is 5.91 Å². The number of carbonyl (C=O) groups excluding carboxylic acids is 2. The zero-order valence-electron chi connectivity index (χ0n) is 18.2. The van der Waals surface area contributed by atoms with Crippen LogP contribution in [-0.4, -0.2) is 32.3 Å². The van der Waals surface area contributed by atoms with Crippen LogP contribution in [-0.2, 0) is 11.3 Å². The number of amides is 2. The Morgan fingerprint density at radius 1 is 1.03 bits per heavy atom. The molecule has 0 aliphatic rings. The highest BCUT2D eigenvalue weighted by molar-refractivity contribution is 7.99. The van der Waals surface area contributed by atoms with Crippen molar-refractivity contribution >= 4 is 35.2 Å². The number of hydrazine groups is 1. The van der Waals surface area contributed by atoms with Crippen LogP contribution in [0.25, 0.3) is 11.4 Å². The summed E-state index contributed by atoms with van der Waals surface area (Å²) in [6.07, 6.45) is 4.32. The average molecular weight is 490 g/mol. The van der Waals surface area contributed by atoms with Crippen LogP contribution in [0.5, 0.6) is 0 Å². The Morgan fingerprint density at radius 2 is 1.79 bits per heavy atom. The normalized spacial score (nSPS) is 10.8. The van der Waals surface area contributed by atoms with Gasteiger partial charge in [0.25, 0.3) is 5.91 Å². The molecule has 1 aromatic heterocycles. The predicted molar refractivity (Wildman–Crippen MR) is 127 cm³/mol. The Balaban J connectivity index is 1.63. The van der Waals surface area contributed by atoms with Crippen LogP contribution in [0.15, 0.2) is 53.7 Å². The van der Waals surface area contributed by atoms with Crippen LogP contribution in [0.4, 0.5) is 4.39 Å². The topological polar surface area (TPSA) is 88.9 Å². The number of thioether (sulfide) groups is 1. The summed E-state index contributed by atoms with van der Waals surface area (Å²) in [5.74, 6) is -1.12. The van der Waals surface area contributed by atoms with E-state index in [4.69, 9.17) is 11.6 Å². The molecule has 0 aliphatic heterocycles. The number of halogens is 2. The zero-order valence-corrected chi connectivity index (χ0v) is 19.8. The Bertz CT molecular complexity index is 1090. The number of nitrogens with one attached hydrogen (secondary N) is 2. The molecule has 7 nitrogen and oxygen atoms in total. The van der Waals surface area contributed by atoms with E-state index in [0.717, 1.165) is 37.8 Å². The van der Waals surface area contributed by atoms with E-state index in [1.165, 1.54) is 30.0 Å². The zero-order chi connectivity index (χ0) is 23.6. The first-order valence-electron chi connectivity index (χ1n) is 10.6.